The molecule has 2 rings (SSSR count). The van der Waals surface area contributed by atoms with Crippen LogP contribution in [0.2, 0.25) is 0 Å². The van der Waals surface area contributed by atoms with Crippen LogP contribution >= 0.6 is 11.5 Å². The molecule has 0 saturated heterocycles. The minimum atomic E-state index is 0.994. The topological polar surface area (TPSA) is 37.8 Å². The molecule has 0 aliphatic rings. The van der Waals surface area contributed by atoms with E-state index in [1.54, 1.807) is 0 Å². The Balaban J connectivity index is 2.81. The van der Waals surface area contributed by atoms with Gasteiger partial charge in [0.15, 0.2) is 0 Å². The number of nitrogens with zero attached hydrogens (tertiary/aromatic N) is 2. The predicted molar refractivity (Wildman–Crippen MR) is 61.1 cm³/mol. The fraction of sp³-hybridized carbons (Fsp3) is 0.400. The second-order valence-electron chi connectivity index (χ2n) is 3.21. The summed E-state index contributed by atoms with van der Waals surface area (Å²) >= 11 is 1.46. The summed E-state index contributed by atoms with van der Waals surface area (Å²) in [7, 11) is 1.95. The largest absolute Gasteiger partial charge is 0.387 e. The van der Waals surface area contributed by atoms with E-state index < -0.39 is 0 Å². The monoisotopic (exact) mass is 207 g/mol. The van der Waals surface area contributed by atoms with Crippen LogP contribution in [-0.4, -0.2) is 16.4 Å². The summed E-state index contributed by atoms with van der Waals surface area (Å²) in [5.74, 6) is 0. The summed E-state index contributed by atoms with van der Waals surface area (Å²) in [6, 6.07) is 0. The van der Waals surface area contributed by atoms with E-state index in [2.05, 4.69) is 21.6 Å². The molecule has 2 aromatic heterocycles. The average molecular weight is 207 g/mol. The van der Waals surface area contributed by atoms with Gasteiger partial charge in [0, 0.05) is 13.2 Å². The maximum Gasteiger partial charge on any atom is 0.145 e. The second-order valence-corrected chi connectivity index (χ2v) is 3.96. The van der Waals surface area contributed by atoms with Crippen molar-refractivity contribution in [1.29, 1.82) is 0 Å². The van der Waals surface area contributed by atoms with Crippen molar-refractivity contribution in [1.82, 2.24) is 9.36 Å². The van der Waals surface area contributed by atoms with Gasteiger partial charge in [0.1, 0.15) is 4.83 Å². The number of hydrogen-bond acceptors (Lipinski definition) is 4. The van der Waals surface area contributed by atoms with Gasteiger partial charge in [-0.3, -0.25) is 0 Å². The van der Waals surface area contributed by atoms with E-state index in [1.807, 2.05) is 20.2 Å². The van der Waals surface area contributed by atoms with Crippen LogP contribution in [0.25, 0.3) is 10.2 Å². The third-order valence-corrected chi connectivity index (χ3v) is 3.23. The third-order valence-electron chi connectivity index (χ3n) is 2.38. The molecular formula is C10H13N3S. The summed E-state index contributed by atoms with van der Waals surface area (Å²) in [6.07, 6.45) is 2.93. The van der Waals surface area contributed by atoms with Crippen molar-refractivity contribution in [2.24, 2.45) is 0 Å². The quantitative estimate of drug-likeness (QED) is 0.822. The van der Waals surface area contributed by atoms with E-state index in [0.717, 1.165) is 16.9 Å². The van der Waals surface area contributed by atoms with Crippen LogP contribution in [0.1, 0.15) is 18.2 Å². The van der Waals surface area contributed by atoms with Gasteiger partial charge in [-0.1, -0.05) is 6.92 Å². The Kier molecular flexibility index (Phi) is 2.37. The van der Waals surface area contributed by atoms with Crippen LogP contribution in [0.15, 0.2) is 6.20 Å². The first-order valence-corrected chi connectivity index (χ1v) is 5.46. The summed E-state index contributed by atoms with van der Waals surface area (Å²) in [4.78, 5) is 5.42. The molecular weight excluding hydrogens is 194 g/mol. The molecule has 0 aromatic carbocycles. The molecule has 0 bridgehead atoms. The van der Waals surface area contributed by atoms with Crippen molar-refractivity contribution in [3.8, 4) is 0 Å². The lowest BCUT2D eigenvalue weighted by Crippen LogP contribution is -1.96. The zero-order chi connectivity index (χ0) is 10.1. The Bertz CT molecular complexity index is 462. The van der Waals surface area contributed by atoms with Gasteiger partial charge in [0.2, 0.25) is 0 Å². The molecule has 14 heavy (non-hydrogen) atoms. The zero-order valence-electron chi connectivity index (χ0n) is 8.59. The molecule has 2 heterocycles. The molecule has 0 radical (unpaired) electrons. The predicted octanol–water partition coefficient (Wildman–Crippen LogP) is 2.60. The molecule has 0 fully saturated rings. The normalized spacial score (nSPS) is 10.8. The molecule has 0 atom stereocenters. The minimum Gasteiger partial charge on any atom is -0.387 e. The standard InChI is InChI=1S/C10H13N3S/c1-4-7-5-12-10-8(9(7)11-3)6(2)13-14-10/h5H,4H2,1-3H3,(H,11,12). The molecule has 2 aromatic rings. The maximum absolute atomic E-state index is 4.40. The van der Waals surface area contributed by atoms with Gasteiger partial charge in [0.05, 0.1) is 16.8 Å². The molecule has 0 amide bonds. The van der Waals surface area contributed by atoms with Crippen molar-refractivity contribution in [3.05, 3.63) is 17.5 Å². The van der Waals surface area contributed by atoms with Gasteiger partial charge in [-0.2, -0.15) is 4.37 Å². The second kappa shape index (κ2) is 3.53. The number of anilines is 1. The van der Waals surface area contributed by atoms with Crippen LogP contribution in [0.3, 0.4) is 0 Å². The first-order valence-electron chi connectivity index (χ1n) is 4.69. The Morgan fingerprint density at radius 2 is 2.29 bits per heavy atom. The first kappa shape index (κ1) is 9.40. The smallest absolute Gasteiger partial charge is 0.145 e. The lowest BCUT2D eigenvalue weighted by Gasteiger charge is -2.07. The highest BCUT2D eigenvalue weighted by molar-refractivity contribution is 7.13. The summed E-state index contributed by atoms with van der Waals surface area (Å²) in [5.41, 5.74) is 3.50. The van der Waals surface area contributed by atoms with E-state index >= 15 is 0 Å². The minimum absolute atomic E-state index is 0.994. The van der Waals surface area contributed by atoms with E-state index in [9.17, 15) is 0 Å². The Morgan fingerprint density at radius 3 is 2.93 bits per heavy atom. The molecule has 3 nitrogen and oxygen atoms in total. The highest BCUT2D eigenvalue weighted by Crippen LogP contribution is 2.30. The van der Waals surface area contributed by atoms with E-state index in [4.69, 9.17) is 0 Å². The molecule has 0 unspecified atom stereocenters. The summed E-state index contributed by atoms with van der Waals surface area (Å²) in [6.45, 7) is 4.17. The molecule has 0 saturated carbocycles. The van der Waals surface area contributed by atoms with Gasteiger partial charge < -0.3 is 5.32 Å². The highest BCUT2D eigenvalue weighted by atomic mass is 32.1. The molecule has 1 N–H and O–H groups in total. The molecule has 0 aliphatic carbocycles. The van der Waals surface area contributed by atoms with Gasteiger partial charge in [0.25, 0.3) is 0 Å². The SMILES string of the molecule is CCc1cnc2snc(C)c2c1NC. The summed E-state index contributed by atoms with van der Waals surface area (Å²) < 4.78 is 4.32. The third kappa shape index (κ3) is 1.26. The van der Waals surface area contributed by atoms with Crippen LogP contribution in [-0.2, 0) is 6.42 Å². The number of hydrogen-bond donors (Lipinski definition) is 1. The molecule has 0 spiro atoms. The van der Waals surface area contributed by atoms with Crippen molar-refractivity contribution in [3.63, 3.8) is 0 Å². The number of pyridine rings is 1. The fourth-order valence-corrected chi connectivity index (χ4v) is 2.40. The first-order chi connectivity index (χ1) is 6.77. The lowest BCUT2D eigenvalue weighted by molar-refractivity contribution is 1.12. The van der Waals surface area contributed by atoms with Gasteiger partial charge in [-0.25, -0.2) is 4.98 Å². The van der Waals surface area contributed by atoms with Gasteiger partial charge >= 0.3 is 0 Å². The number of aromatic nitrogens is 2. The highest BCUT2D eigenvalue weighted by Gasteiger charge is 2.11. The average Bonchev–Trinajstić information content (AvgIpc) is 2.59. The van der Waals surface area contributed by atoms with E-state index in [-0.39, 0.29) is 0 Å². The number of fused-ring (bicyclic) bond motifs is 1. The van der Waals surface area contributed by atoms with E-state index in [0.29, 0.717) is 0 Å². The van der Waals surface area contributed by atoms with Crippen molar-refractivity contribution < 1.29 is 0 Å². The van der Waals surface area contributed by atoms with Gasteiger partial charge in [-0.05, 0) is 30.4 Å². The molecule has 74 valence electrons. The van der Waals surface area contributed by atoms with E-state index in [1.165, 1.54) is 28.2 Å². The van der Waals surface area contributed by atoms with Crippen LogP contribution in [0.4, 0.5) is 5.69 Å². The molecule has 4 heteroatoms. The van der Waals surface area contributed by atoms with Crippen LogP contribution in [0.5, 0.6) is 0 Å². The van der Waals surface area contributed by atoms with Crippen molar-refractivity contribution in [2.45, 2.75) is 20.3 Å². The number of aryl methyl sites for hydroxylation is 2. The lowest BCUT2D eigenvalue weighted by atomic mass is 10.1. The molecule has 0 aliphatic heterocycles. The number of nitrogens with one attached hydrogen (secondary N) is 1. The Labute approximate surface area is 87.3 Å². The summed E-state index contributed by atoms with van der Waals surface area (Å²) in [5, 5.41) is 4.42. The van der Waals surface area contributed by atoms with Crippen LogP contribution in [0, 0.1) is 6.92 Å². The van der Waals surface area contributed by atoms with Gasteiger partial charge in [-0.15, -0.1) is 0 Å². The fourth-order valence-electron chi connectivity index (χ4n) is 1.65. The number of rotatable bonds is 2. The zero-order valence-corrected chi connectivity index (χ0v) is 9.40. The van der Waals surface area contributed by atoms with Crippen molar-refractivity contribution in [2.75, 3.05) is 12.4 Å². The Morgan fingerprint density at radius 1 is 1.50 bits per heavy atom. The van der Waals surface area contributed by atoms with Crippen molar-refractivity contribution >= 4 is 27.4 Å². The maximum atomic E-state index is 4.40. The Hall–Kier alpha value is -1.16. The van der Waals surface area contributed by atoms with Crippen LogP contribution < -0.4 is 5.32 Å².